The highest BCUT2D eigenvalue weighted by atomic mass is 35.5. The predicted molar refractivity (Wildman–Crippen MR) is 164 cm³/mol. The fourth-order valence-corrected chi connectivity index (χ4v) is 6.45. The van der Waals surface area contributed by atoms with E-state index in [1.807, 2.05) is 25.7 Å². The van der Waals surface area contributed by atoms with Gasteiger partial charge in [-0.25, -0.2) is 9.37 Å². The van der Waals surface area contributed by atoms with Gasteiger partial charge in [-0.3, -0.25) is 19.0 Å². The number of nitrogens with zero attached hydrogens (tertiary/aromatic N) is 6. The molecule has 228 valence electrons. The standard InChI is InChI=1S/C31H30ClFN6O5/c1-7-22(41)37-13-20-30(42)36(6)27-26(38(20)12-15(37)4)17-11-18(32)24(23-19(33)9-8-10-21(23)40)34-29(17)39(31(27)43)25-16(5)35-44-28(25)14(2)3/h7-11,14-15,20,40H,1,12-13H2,2-6H3/t15-,20-/m1/s1. The first kappa shape index (κ1) is 29.4. The molecule has 1 fully saturated rings. The number of likely N-dealkylation sites (N-methyl/N-ethyl adjacent to an activating group) is 1. The Hall–Kier alpha value is -4.71. The number of carbonyl (C=O) groups excluding carboxylic acids is 2. The third kappa shape index (κ3) is 4.19. The molecule has 1 aromatic carbocycles. The summed E-state index contributed by atoms with van der Waals surface area (Å²) >= 11 is 6.79. The number of aryl methyl sites for hydroxylation is 1. The van der Waals surface area contributed by atoms with Crippen LogP contribution in [0.3, 0.4) is 0 Å². The van der Waals surface area contributed by atoms with Crippen LogP contribution in [0, 0.1) is 12.7 Å². The van der Waals surface area contributed by atoms with Crippen LogP contribution in [0.2, 0.25) is 5.02 Å². The highest BCUT2D eigenvalue weighted by Gasteiger charge is 2.46. The molecule has 5 heterocycles. The second-order valence-electron chi connectivity index (χ2n) is 11.4. The maximum Gasteiger partial charge on any atom is 0.283 e. The first-order valence-corrected chi connectivity index (χ1v) is 14.5. The number of phenolic OH excluding ortho intramolecular Hbond substituents is 1. The maximum absolute atomic E-state index is 15.1. The number of halogens is 2. The van der Waals surface area contributed by atoms with Gasteiger partial charge in [-0.15, -0.1) is 0 Å². The number of benzene rings is 1. The molecule has 0 spiro atoms. The first-order chi connectivity index (χ1) is 20.9. The lowest BCUT2D eigenvalue weighted by molar-refractivity contribution is -0.130. The van der Waals surface area contributed by atoms with Crippen LogP contribution >= 0.6 is 11.6 Å². The van der Waals surface area contributed by atoms with Crippen LogP contribution in [0.5, 0.6) is 5.75 Å². The molecule has 0 radical (unpaired) electrons. The van der Waals surface area contributed by atoms with Crippen molar-refractivity contribution < 1.29 is 23.6 Å². The largest absolute Gasteiger partial charge is 0.507 e. The normalized spacial score (nSPS) is 18.2. The lowest BCUT2D eigenvalue weighted by Crippen LogP contribution is -2.66. The molecular formula is C31H30ClFN6O5. The summed E-state index contributed by atoms with van der Waals surface area (Å²) in [4.78, 5) is 50.5. The van der Waals surface area contributed by atoms with Gasteiger partial charge in [-0.1, -0.05) is 43.3 Å². The van der Waals surface area contributed by atoms with Crippen molar-refractivity contribution in [2.24, 2.45) is 0 Å². The van der Waals surface area contributed by atoms with Gasteiger partial charge in [0, 0.05) is 30.9 Å². The number of hydrogen-bond donors (Lipinski definition) is 1. The minimum Gasteiger partial charge on any atom is -0.507 e. The Kier molecular flexibility index (Phi) is 6.99. The Morgan fingerprint density at radius 2 is 1.95 bits per heavy atom. The van der Waals surface area contributed by atoms with E-state index in [1.165, 1.54) is 40.8 Å². The minimum absolute atomic E-state index is 0.0149. The molecule has 1 saturated heterocycles. The van der Waals surface area contributed by atoms with Crippen molar-refractivity contribution in [3.05, 3.63) is 69.6 Å². The molecular weight excluding hydrogens is 591 g/mol. The molecule has 11 nitrogen and oxygen atoms in total. The highest BCUT2D eigenvalue weighted by molar-refractivity contribution is 6.34. The lowest BCUT2D eigenvalue weighted by atomic mass is 9.98. The molecule has 2 aliphatic rings. The minimum atomic E-state index is -0.802. The van der Waals surface area contributed by atoms with Crippen molar-refractivity contribution in [2.75, 3.05) is 29.9 Å². The smallest absolute Gasteiger partial charge is 0.283 e. The Morgan fingerprint density at radius 1 is 1.23 bits per heavy atom. The van der Waals surface area contributed by atoms with E-state index in [2.05, 4.69) is 11.7 Å². The van der Waals surface area contributed by atoms with E-state index in [0.29, 0.717) is 28.2 Å². The van der Waals surface area contributed by atoms with Gasteiger partial charge < -0.3 is 24.3 Å². The predicted octanol–water partition coefficient (Wildman–Crippen LogP) is 4.54. The monoisotopic (exact) mass is 620 g/mol. The molecule has 0 saturated carbocycles. The molecule has 3 aromatic heterocycles. The van der Waals surface area contributed by atoms with Crippen LogP contribution in [-0.4, -0.2) is 68.7 Å². The number of anilines is 2. The van der Waals surface area contributed by atoms with E-state index in [0.717, 1.165) is 0 Å². The van der Waals surface area contributed by atoms with Gasteiger partial charge in [-0.05, 0) is 38.1 Å². The quantitative estimate of drug-likeness (QED) is 0.330. The second-order valence-corrected chi connectivity index (χ2v) is 11.8. The zero-order valence-electron chi connectivity index (χ0n) is 24.8. The van der Waals surface area contributed by atoms with Crippen molar-refractivity contribution in [1.82, 2.24) is 19.6 Å². The number of aromatic nitrogens is 3. The number of phenols is 1. The molecule has 13 heteroatoms. The number of hydrogen-bond acceptors (Lipinski definition) is 8. The van der Waals surface area contributed by atoms with Crippen LogP contribution in [0.4, 0.5) is 15.8 Å². The molecule has 6 rings (SSSR count). The number of pyridine rings is 2. The Bertz CT molecular complexity index is 1930. The maximum atomic E-state index is 15.1. The van der Waals surface area contributed by atoms with Gasteiger partial charge in [0.1, 0.15) is 34.7 Å². The third-order valence-corrected chi connectivity index (χ3v) is 8.61. The van der Waals surface area contributed by atoms with E-state index >= 15 is 4.39 Å². The third-order valence-electron chi connectivity index (χ3n) is 8.32. The van der Waals surface area contributed by atoms with Crippen LogP contribution in [-0.2, 0) is 9.59 Å². The first-order valence-electron chi connectivity index (χ1n) is 14.1. The van der Waals surface area contributed by atoms with Crippen molar-refractivity contribution in [1.29, 1.82) is 0 Å². The SMILES string of the molecule is C=CC(=O)N1C[C@@H]2C(=O)N(C)c3c(c4cc(Cl)c(-c5c(O)cccc5F)nc4n(-c4c(C)noc4C(C)C)c3=O)N2C[C@H]1C. The number of fused-ring (bicyclic) bond motifs is 5. The van der Waals surface area contributed by atoms with E-state index < -0.39 is 17.4 Å². The molecule has 2 atom stereocenters. The van der Waals surface area contributed by atoms with Gasteiger partial charge in [0.25, 0.3) is 11.5 Å². The molecule has 44 heavy (non-hydrogen) atoms. The summed E-state index contributed by atoms with van der Waals surface area (Å²) in [6, 6.07) is 4.28. The zero-order valence-corrected chi connectivity index (χ0v) is 25.5. The van der Waals surface area contributed by atoms with E-state index in [4.69, 9.17) is 21.1 Å². The number of amides is 2. The van der Waals surface area contributed by atoms with Crippen LogP contribution < -0.4 is 15.4 Å². The summed E-state index contributed by atoms with van der Waals surface area (Å²) in [7, 11) is 1.51. The van der Waals surface area contributed by atoms with Crippen LogP contribution in [0.1, 0.15) is 38.1 Å². The number of aromatic hydroxyl groups is 1. The molecule has 4 aromatic rings. The molecule has 0 aliphatic carbocycles. The number of carbonyl (C=O) groups is 2. The zero-order chi connectivity index (χ0) is 31.8. The highest BCUT2D eigenvalue weighted by Crippen LogP contribution is 2.45. The van der Waals surface area contributed by atoms with Crippen LogP contribution in [0.25, 0.3) is 28.0 Å². The van der Waals surface area contributed by atoms with Gasteiger partial charge in [0.2, 0.25) is 5.91 Å². The average molecular weight is 621 g/mol. The molecule has 0 unspecified atom stereocenters. The summed E-state index contributed by atoms with van der Waals surface area (Å²) in [5.74, 6) is -1.58. The van der Waals surface area contributed by atoms with Crippen molar-refractivity contribution in [3.63, 3.8) is 0 Å². The van der Waals surface area contributed by atoms with E-state index in [9.17, 15) is 19.5 Å². The van der Waals surface area contributed by atoms with E-state index in [-0.39, 0.29) is 70.2 Å². The molecule has 2 aliphatic heterocycles. The average Bonchev–Trinajstić information content (AvgIpc) is 3.36. The summed E-state index contributed by atoms with van der Waals surface area (Å²) in [6.45, 7) is 11.2. The topological polar surface area (TPSA) is 125 Å². The van der Waals surface area contributed by atoms with Gasteiger partial charge in [0.05, 0.1) is 28.5 Å². The van der Waals surface area contributed by atoms with E-state index in [1.54, 1.807) is 17.9 Å². The van der Waals surface area contributed by atoms with Crippen molar-refractivity contribution >= 4 is 45.8 Å². The Morgan fingerprint density at radius 3 is 2.61 bits per heavy atom. The summed E-state index contributed by atoms with van der Waals surface area (Å²) < 4.78 is 22.1. The van der Waals surface area contributed by atoms with Crippen molar-refractivity contribution in [2.45, 2.75) is 45.7 Å². The molecule has 2 amide bonds. The fourth-order valence-electron chi connectivity index (χ4n) is 6.20. The number of piperazine rings is 1. The van der Waals surface area contributed by atoms with Gasteiger partial charge in [-0.2, -0.15) is 0 Å². The van der Waals surface area contributed by atoms with Gasteiger partial charge in [0.15, 0.2) is 11.4 Å². The summed E-state index contributed by atoms with van der Waals surface area (Å²) in [6.07, 6.45) is 1.21. The summed E-state index contributed by atoms with van der Waals surface area (Å²) in [5, 5.41) is 15.2. The van der Waals surface area contributed by atoms with Crippen LogP contribution in [0.15, 0.2) is 46.2 Å². The Balaban J connectivity index is 1.74. The second kappa shape index (κ2) is 10.5. The fraction of sp³-hybridized carbons (Fsp3) is 0.323. The lowest BCUT2D eigenvalue weighted by Gasteiger charge is -2.49. The molecule has 0 bridgehead atoms. The number of rotatable bonds is 4. The molecule has 1 N–H and O–H groups in total. The van der Waals surface area contributed by atoms with Gasteiger partial charge >= 0.3 is 0 Å². The Labute approximate surface area is 256 Å². The van der Waals surface area contributed by atoms with Crippen molar-refractivity contribution in [3.8, 4) is 22.7 Å². The summed E-state index contributed by atoms with van der Waals surface area (Å²) in [5.41, 5.74) is 0.459.